The van der Waals surface area contributed by atoms with Crippen LogP contribution in [-0.4, -0.2) is 24.6 Å². The van der Waals surface area contributed by atoms with Gasteiger partial charge in [0.1, 0.15) is 18.5 Å². The Kier molecular flexibility index (Phi) is 5.88. The van der Waals surface area contributed by atoms with E-state index in [0.29, 0.717) is 23.6 Å². The number of ether oxygens (including phenoxy) is 3. The fourth-order valence-electron chi connectivity index (χ4n) is 2.70. The van der Waals surface area contributed by atoms with Crippen LogP contribution in [-0.2, 0) is 15.3 Å². The Morgan fingerprint density at radius 3 is 2.67 bits per heavy atom. The van der Waals surface area contributed by atoms with Gasteiger partial charge >= 0.3 is 0 Å². The van der Waals surface area contributed by atoms with Gasteiger partial charge in [0.05, 0.1) is 11.9 Å². The maximum Gasteiger partial charge on any atom is 0.205 e. The summed E-state index contributed by atoms with van der Waals surface area (Å²) < 4.78 is 19.0. The van der Waals surface area contributed by atoms with E-state index >= 15 is 0 Å². The minimum atomic E-state index is -0.803. The molecular weight excluding hydrogens is 459 g/mol. The molecule has 0 saturated carbocycles. The second-order valence-corrected chi connectivity index (χ2v) is 7.57. The van der Waals surface area contributed by atoms with E-state index in [1.807, 2.05) is 49.4 Å². The monoisotopic (exact) mass is 474 g/mol. The number of hydrogen-bond acceptors (Lipinski definition) is 3. The van der Waals surface area contributed by atoms with Gasteiger partial charge in [0, 0.05) is 15.1 Å². The molecule has 6 heteroatoms. The van der Waals surface area contributed by atoms with Crippen LogP contribution in [0.1, 0.15) is 11.1 Å². The van der Waals surface area contributed by atoms with Crippen molar-refractivity contribution in [3.05, 3.63) is 63.1 Å². The van der Waals surface area contributed by atoms with Crippen molar-refractivity contribution < 1.29 is 14.2 Å². The van der Waals surface area contributed by atoms with Crippen LogP contribution in [0.3, 0.4) is 0 Å². The van der Waals surface area contributed by atoms with Crippen LogP contribution < -0.4 is 4.74 Å². The third-order valence-corrected chi connectivity index (χ3v) is 5.39. The standard InChI is InChI=1S/C18H17Br2ClO3/c1-12-8-14(21)4-7-17(12)18(11-19)23-10-16(24-18)9-22-15-5-2-13(20)3-6-15/h2-8,16H,9-11H2,1H3. The Balaban J connectivity index is 1.68. The van der Waals surface area contributed by atoms with Gasteiger partial charge in [-0.15, -0.1) is 0 Å². The van der Waals surface area contributed by atoms with Crippen molar-refractivity contribution in [3.63, 3.8) is 0 Å². The summed E-state index contributed by atoms with van der Waals surface area (Å²) in [6.45, 7) is 2.91. The van der Waals surface area contributed by atoms with Crippen molar-refractivity contribution in [2.75, 3.05) is 18.5 Å². The van der Waals surface area contributed by atoms with Crippen molar-refractivity contribution in [1.82, 2.24) is 0 Å². The fourth-order valence-corrected chi connectivity index (χ4v) is 3.79. The van der Waals surface area contributed by atoms with E-state index in [4.69, 9.17) is 25.8 Å². The topological polar surface area (TPSA) is 27.7 Å². The molecule has 1 aliphatic rings. The molecular formula is C18H17Br2ClO3. The third-order valence-electron chi connectivity index (χ3n) is 3.88. The van der Waals surface area contributed by atoms with Gasteiger partial charge in [0.25, 0.3) is 0 Å². The highest BCUT2D eigenvalue weighted by Crippen LogP contribution is 2.38. The number of alkyl halides is 1. The zero-order valence-electron chi connectivity index (χ0n) is 13.1. The molecule has 2 aromatic carbocycles. The van der Waals surface area contributed by atoms with E-state index in [9.17, 15) is 0 Å². The molecule has 1 heterocycles. The zero-order chi connectivity index (χ0) is 17.2. The third kappa shape index (κ3) is 3.97. The first-order valence-corrected chi connectivity index (χ1v) is 9.84. The van der Waals surface area contributed by atoms with Gasteiger partial charge in [-0.3, -0.25) is 0 Å². The summed E-state index contributed by atoms with van der Waals surface area (Å²) in [5, 5.41) is 1.24. The van der Waals surface area contributed by atoms with E-state index in [-0.39, 0.29) is 6.10 Å². The number of rotatable bonds is 5. The summed E-state index contributed by atoms with van der Waals surface area (Å²) in [6.07, 6.45) is -0.138. The SMILES string of the molecule is Cc1cc(Cl)ccc1C1(CBr)OCC(COc2ccc(Br)cc2)O1. The van der Waals surface area contributed by atoms with E-state index in [1.165, 1.54) is 0 Å². The van der Waals surface area contributed by atoms with E-state index in [2.05, 4.69) is 31.9 Å². The van der Waals surface area contributed by atoms with Crippen LogP contribution in [0.25, 0.3) is 0 Å². The second kappa shape index (κ2) is 7.75. The molecule has 0 aliphatic carbocycles. The molecule has 0 aromatic heterocycles. The molecule has 0 radical (unpaired) electrons. The summed E-state index contributed by atoms with van der Waals surface area (Å²) in [5.74, 6) is 0.00315. The second-order valence-electron chi connectivity index (χ2n) is 5.66. The molecule has 3 rings (SSSR count). The van der Waals surface area contributed by atoms with Gasteiger partial charge in [0.2, 0.25) is 5.79 Å². The van der Waals surface area contributed by atoms with E-state index in [0.717, 1.165) is 21.3 Å². The highest BCUT2D eigenvalue weighted by Gasteiger charge is 2.43. The molecule has 24 heavy (non-hydrogen) atoms. The average Bonchev–Trinajstić information content (AvgIpc) is 2.99. The largest absolute Gasteiger partial charge is 0.491 e. The van der Waals surface area contributed by atoms with Crippen molar-refractivity contribution in [2.24, 2.45) is 0 Å². The van der Waals surface area contributed by atoms with Gasteiger partial charge < -0.3 is 14.2 Å². The van der Waals surface area contributed by atoms with Gasteiger partial charge in [-0.2, -0.15) is 0 Å². The Morgan fingerprint density at radius 2 is 2.00 bits per heavy atom. The van der Waals surface area contributed by atoms with E-state index < -0.39 is 5.79 Å². The first-order chi connectivity index (χ1) is 11.5. The summed E-state index contributed by atoms with van der Waals surface area (Å²) in [7, 11) is 0. The Labute approximate surface area is 163 Å². The minimum Gasteiger partial charge on any atom is -0.491 e. The zero-order valence-corrected chi connectivity index (χ0v) is 17.0. The lowest BCUT2D eigenvalue weighted by Gasteiger charge is -2.28. The summed E-state index contributed by atoms with van der Waals surface area (Å²) >= 11 is 13.0. The van der Waals surface area contributed by atoms with Gasteiger partial charge in [-0.05, 0) is 48.9 Å². The molecule has 0 N–H and O–H groups in total. The normalized spacial score (nSPS) is 23.4. The summed E-state index contributed by atoms with van der Waals surface area (Å²) in [6, 6.07) is 13.5. The van der Waals surface area contributed by atoms with Crippen molar-refractivity contribution in [1.29, 1.82) is 0 Å². The van der Waals surface area contributed by atoms with Crippen LogP contribution in [0.2, 0.25) is 5.02 Å². The lowest BCUT2D eigenvalue weighted by Crippen LogP contribution is -2.32. The highest BCUT2D eigenvalue weighted by atomic mass is 79.9. The Morgan fingerprint density at radius 1 is 1.25 bits per heavy atom. The summed E-state index contributed by atoms with van der Waals surface area (Å²) in [4.78, 5) is 0. The number of halogens is 3. The van der Waals surface area contributed by atoms with Crippen LogP contribution in [0.15, 0.2) is 46.9 Å². The Bertz CT molecular complexity index is 708. The molecule has 0 spiro atoms. The summed E-state index contributed by atoms with van der Waals surface area (Å²) in [5.41, 5.74) is 2.02. The number of hydrogen-bond donors (Lipinski definition) is 0. The first kappa shape index (κ1) is 18.2. The molecule has 1 saturated heterocycles. The van der Waals surface area contributed by atoms with Crippen molar-refractivity contribution in [3.8, 4) is 5.75 Å². The maximum absolute atomic E-state index is 6.20. The maximum atomic E-state index is 6.20. The lowest BCUT2D eigenvalue weighted by atomic mass is 10.0. The predicted octanol–water partition coefficient (Wildman–Crippen LogP) is 5.45. The van der Waals surface area contributed by atoms with Gasteiger partial charge in [-0.25, -0.2) is 0 Å². The smallest absolute Gasteiger partial charge is 0.205 e. The molecule has 2 aromatic rings. The van der Waals surface area contributed by atoms with Crippen LogP contribution >= 0.6 is 43.5 Å². The fraction of sp³-hybridized carbons (Fsp3) is 0.333. The predicted molar refractivity (Wildman–Crippen MR) is 102 cm³/mol. The van der Waals surface area contributed by atoms with E-state index in [1.54, 1.807) is 0 Å². The molecule has 2 atom stereocenters. The molecule has 128 valence electrons. The molecule has 0 amide bonds. The highest BCUT2D eigenvalue weighted by molar-refractivity contribution is 9.10. The van der Waals surface area contributed by atoms with Crippen molar-refractivity contribution >= 4 is 43.5 Å². The molecule has 1 fully saturated rings. The molecule has 0 bridgehead atoms. The molecule has 3 nitrogen and oxygen atoms in total. The average molecular weight is 477 g/mol. The van der Waals surface area contributed by atoms with Crippen LogP contribution in [0.4, 0.5) is 0 Å². The van der Waals surface area contributed by atoms with Crippen LogP contribution in [0.5, 0.6) is 5.75 Å². The van der Waals surface area contributed by atoms with Crippen LogP contribution in [0, 0.1) is 6.92 Å². The van der Waals surface area contributed by atoms with Gasteiger partial charge in [-0.1, -0.05) is 49.5 Å². The minimum absolute atomic E-state index is 0.138. The molecule has 2 unspecified atom stereocenters. The first-order valence-electron chi connectivity index (χ1n) is 7.55. The number of benzene rings is 2. The van der Waals surface area contributed by atoms with Crippen molar-refractivity contribution in [2.45, 2.75) is 18.8 Å². The number of aryl methyl sites for hydroxylation is 1. The Hall–Kier alpha value is -0.590. The van der Waals surface area contributed by atoms with Gasteiger partial charge in [0.15, 0.2) is 0 Å². The lowest BCUT2D eigenvalue weighted by molar-refractivity contribution is -0.159. The molecule has 1 aliphatic heterocycles. The quantitative estimate of drug-likeness (QED) is 0.537.